The van der Waals surface area contributed by atoms with Crippen LogP contribution in [-0.2, 0) is 19.1 Å². The number of carbonyl (C=O) groups excluding carboxylic acids is 3. The quantitative estimate of drug-likeness (QED) is 0.549. The second-order valence-corrected chi connectivity index (χ2v) is 6.04. The largest absolute Gasteiger partial charge is 0.463 e. The van der Waals surface area contributed by atoms with Gasteiger partial charge in [-0.05, 0) is 31.1 Å². The van der Waals surface area contributed by atoms with Gasteiger partial charge in [0.25, 0.3) is 0 Å². The summed E-state index contributed by atoms with van der Waals surface area (Å²) in [6.45, 7) is 3.45. The van der Waals surface area contributed by atoms with E-state index >= 15 is 0 Å². The number of hydrogen-bond acceptors (Lipinski definition) is 5. The van der Waals surface area contributed by atoms with Gasteiger partial charge in [0.15, 0.2) is 0 Å². The molecule has 1 atom stereocenters. The van der Waals surface area contributed by atoms with E-state index in [0.717, 1.165) is 0 Å². The minimum atomic E-state index is -0.633. The molecule has 0 saturated heterocycles. The Morgan fingerprint density at radius 1 is 1.22 bits per heavy atom. The van der Waals surface area contributed by atoms with Gasteiger partial charge in [-0.25, -0.2) is 14.4 Å². The van der Waals surface area contributed by atoms with Crippen LogP contribution in [0.15, 0.2) is 41.6 Å². The number of halogens is 1. The standard InChI is InChI=1S/C19H21ClN2O5/c1-3-14-17(18(24)26-4-2)15(22-19(25)21-14)11-27-16(23)10-9-12-7-5-6-8-13(12)20/h5-10,14H,3-4,11H2,1-2H3,(H2,21,22,25)/b10-9+/t14-/m1/s1. The molecule has 2 amide bonds. The number of amides is 2. The smallest absolute Gasteiger partial charge is 0.338 e. The molecule has 8 heteroatoms. The van der Waals surface area contributed by atoms with Crippen molar-refractivity contribution in [2.75, 3.05) is 13.2 Å². The van der Waals surface area contributed by atoms with Crippen LogP contribution in [0.5, 0.6) is 0 Å². The van der Waals surface area contributed by atoms with Gasteiger partial charge >= 0.3 is 18.0 Å². The Balaban J connectivity index is 2.11. The molecule has 1 aromatic carbocycles. The molecule has 0 spiro atoms. The lowest BCUT2D eigenvalue weighted by Gasteiger charge is -2.28. The van der Waals surface area contributed by atoms with Crippen molar-refractivity contribution < 1.29 is 23.9 Å². The van der Waals surface area contributed by atoms with Gasteiger partial charge in [0, 0.05) is 11.1 Å². The number of carbonyl (C=O) groups is 3. The zero-order valence-electron chi connectivity index (χ0n) is 15.1. The maximum Gasteiger partial charge on any atom is 0.338 e. The summed E-state index contributed by atoms with van der Waals surface area (Å²) in [6.07, 6.45) is 3.25. The van der Waals surface area contributed by atoms with Crippen molar-refractivity contribution in [2.45, 2.75) is 26.3 Å². The molecule has 1 aliphatic heterocycles. The maximum absolute atomic E-state index is 12.2. The van der Waals surface area contributed by atoms with E-state index in [1.165, 1.54) is 12.2 Å². The minimum Gasteiger partial charge on any atom is -0.463 e. The Bertz CT molecular complexity index is 788. The van der Waals surface area contributed by atoms with Crippen molar-refractivity contribution in [2.24, 2.45) is 0 Å². The Morgan fingerprint density at radius 3 is 2.63 bits per heavy atom. The highest BCUT2D eigenvalue weighted by Gasteiger charge is 2.31. The molecule has 2 rings (SSSR count). The van der Waals surface area contributed by atoms with Crippen LogP contribution in [-0.4, -0.2) is 37.2 Å². The molecule has 0 aromatic heterocycles. The molecule has 1 heterocycles. The molecule has 0 radical (unpaired) electrons. The average Bonchev–Trinajstić information content (AvgIpc) is 2.65. The topological polar surface area (TPSA) is 93.7 Å². The summed E-state index contributed by atoms with van der Waals surface area (Å²) in [5.41, 5.74) is 1.13. The monoisotopic (exact) mass is 392 g/mol. The fourth-order valence-electron chi connectivity index (χ4n) is 2.54. The Morgan fingerprint density at radius 2 is 1.96 bits per heavy atom. The molecule has 0 aliphatic carbocycles. The van der Waals surface area contributed by atoms with Gasteiger partial charge in [0.05, 0.1) is 23.9 Å². The van der Waals surface area contributed by atoms with Crippen LogP contribution < -0.4 is 10.6 Å². The molecular weight excluding hydrogens is 372 g/mol. The summed E-state index contributed by atoms with van der Waals surface area (Å²) in [5.74, 6) is -1.19. The molecule has 27 heavy (non-hydrogen) atoms. The van der Waals surface area contributed by atoms with Crippen LogP contribution in [0.2, 0.25) is 5.02 Å². The second kappa shape index (κ2) is 9.78. The average molecular weight is 393 g/mol. The number of rotatable bonds is 7. The lowest BCUT2D eigenvalue weighted by atomic mass is 10.0. The zero-order valence-corrected chi connectivity index (χ0v) is 15.8. The highest BCUT2D eigenvalue weighted by atomic mass is 35.5. The third kappa shape index (κ3) is 5.59. The summed E-state index contributed by atoms with van der Waals surface area (Å²) in [5, 5.41) is 5.67. The predicted octanol–water partition coefficient (Wildman–Crippen LogP) is 2.81. The van der Waals surface area contributed by atoms with Crippen molar-refractivity contribution in [3.63, 3.8) is 0 Å². The third-order valence-electron chi connectivity index (χ3n) is 3.81. The van der Waals surface area contributed by atoms with Crippen molar-refractivity contribution in [3.05, 3.63) is 52.2 Å². The fraction of sp³-hybridized carbons (Fsp3) is 0.316. The number of esters is 2. The third-order valence-corrected chi connectivity index (χ3v) is 4.15. The summed E-state index contributed by atoms with van der Waals surface area (Å²) in [4.78, 5) is 36.0. The van der Waals surface area contributed by atoms with Gasteiger partial charge in [0.1, 0.15) is 6.61 Å². The summed E-state index contributed by atoms with van der Waals surface area (Å²) >= 11 is 6.02. The predicted molar refractivity (Wildman–Crippen MR) is 101 cm³/mol. The van der Waals surface area contributed by atoms with Gasteiger partial charge in [-0.1, -0.05) is 36.7 Å². The van der Waals surface area contributed by atoms with Crippen molar-refractivity contribution in [1.29, 1.82) is 0 Å². The van der Waals surface area contributed by atoms with E-state index < -0.39 is 24.0 Å². The molecule has 1 aromatic rings. The molecule has 0 fully saturated rings. The highest BCUT2D eigenvalue weighted by molar-refractivity contribution is 6.32. The van der Waals surface area contributed by atoms with E-state index in [1.807, 2.05) is 6.92 Å². The molecule has 0 saturated carbocycles. The van der Waals surface area contributed by atoms with Gasteiger partial charge < -0.3 is 20.1 Å². The summed E-state index contributed by atoms with van der Waals surface area (Å²) < 4.78 is 10.2. The van der Waals surface area contributed by atoms with Crippen molar-refractivity contribution >= 4 is 35.6 Å². The number of hydrogen-bond donors (Lipinski definition) is 2. The maximum atomic E-state index is 12.2. The summed E-state index contributed by atoms with van der Waals surface area (Å²) in [6, 6.07) is 6.07. The lowest BCUT2D eigenvalue weighted by molar-refractivity contribution is -0.140. The van der Waals surface area contributed by atoms with E-state index in [-0.39, 0.29) is 24.5 Å². The molecule has 144 valence electrons. The van der Waals surface area contributed by atoms with Gasteiger partial charge in [-0.3, -0.25) is 0 Å². The minimum absolute atomic E-state index is 0.195. The number of benzene rings is 1. The first kappa shape index (κ1) is 20.5. The van der Waals surface area contributed by atoms with Crippen LogP contribution in [0.25, 0.3) is 6.08 Å². The normalized spacial score (nSPS) is 16.7. The van der Waals surface area contributed by atoms with Gasteiger partial charge in [0.2, 0.25) is 0 Å². The zero-order chi connectivity index (χ0) is 19.8. The van der Waals surface area contributed by atoms with Crippen LogP contribution in [0.1, 0.15) is 25.8 Å². The second-order valence-electron chi connectivity index (χ2n) is 5.63. The Kier molecular flexibility index (Phi) is 7.43. The highest BCUT2D eigenvalue weighted by Crippen LogP contribution is 2.18. The number of nitrogens with one attached hydrogen (secondary N) is 2. The first-order valence-electron chi connectivity index (χ1n) is 8.53. The Hall–Kier alpha value is -2.80. The van der Waals surface area contributed by atoms with E-state index in [2.05, 4.69) is 10.6 Å². The van der Waals surface area contributed by atoms with E-state index in [4.69, 9.17) is 21.1 Å². The first-order chi connectivity index (χ1) is 13.0. The van der Waals surface area contributed by atoms with Crippen LogP contribution >= 0.6 is 11.6 Å². The SMILES string of the molecule is CCOC(=O)C1=C(COC(=O)/C=C/c2ccccc2Cl)NC(=O)N[C@@H]1CC. The van der Waals surface area contributed by atoms with Crippen LogP contribution in [0, 0.1) is 0 Å². The Labute approximate surface area is 162 Å². The molecule has 0 bridgehead atoms. The lowest BCUT2D eigenvalue weighted by Crippen LogP contribution is -2.51. The van der Waals surface area contributed by atoms with Crippen LogP contribution in [0.3, 0.4) is 0 Å². The molecule has 2 N–H and O–H groups in total. The number of urea groups is 1. The van der Waals surface area contributed by atoms with E-state index in [1.54, 1.807) is 31.2 Å². The molecule has 1 aliphatic rings. The van der Waals surface area contributed by atoms with Crippen molar-refractivity contribution in [3.8, 4) is 0 Å². The summed E-state index contributed by atoms with van der Waals surface area (Å²) in [7, 11) is 0. The first-order valence-corrected chi connectivity index (χ1v) is 8.91. The molecular formula is C19H21ClN2O5. The van der Waals surface area contributed by atoms with Gasteiger partial charge in [-0.2, -0.15) is 0 Å². The fourth-order valence-corrected chi connectivity index (χ4v) is 2.73. The van der Waals surface area contributed by atoms with Crippen LogP contribution in [0.4, 0.5) is 4.79 Å². The van der Waals surface area contributed by atoms with Gasteiger partial charge in [-0.15, -0.1) is 0 Å². The van der Waals surface area contributed by atoms with E-state index in [9.17, 15) is 14.4 Å². The van der Waals surface area contributed by atoms with E-state index in [0.29, 0.717) is 17.0 Å². The van der Waals surface area contributed by atoms with Crippen molar-refractivity contribution in [1.82, 2.24) is 10.6 Å². The molecule has 0 unspecified atom stereocenters. The molecule has 7 nitrogen and oxygen atoms in total. The number of ether oxygens (including phenoxy) is 2.